The van der Waals surface area contributed by atoms with Gasteiger partial charge in [-0.1, -0.05) is 42.4 Å². The monoisotopic (exact) mass is 419 g/mol. The Labute approximate surface area is 175 Å². The highest BCUT2D eigenvalue weighted by molar-refractivity contribution is 7.99. The Kier molecular flexibility index (Phi) is 7.39. The van der Waals surface area contributed by atoms with Gasteiger partial charge in [-0.15, -0.1) is 10.2 Å². The molecule has 1 aromatic heterocycles. The van der Waals surface area contributed by atoms with Gasteiger partial charge in [0.25, 0.3) is 0 Å². The van der Waals surface area contributed by atoms with Gasteiger partial charge < -0.3 is 15.1 Å². The van der Waals surface area contributed by atoms with E-state index in [9.17, 15) is 4.79 Å². The van der Waals surface area contributed by atoms with Crippen molar-refractivity contribution in [2.75, 3.05) is 41.7 Å². The van der Waals surface area contributed by atoms with Gasteiger partial charge >= 0.3 is 0 Å². The zero-order chi connectivity index (χ0) is 19.9. The molecule has 1 fully saturated rings. The Morgan fingerprint density at radius 1 is 1.14 bits per heavy atom. The number of benzene rings is 1. The van der Waals surface area contributed by atoms with Crippen LogP contribution in [0.25, 0.3) is 0 Å². The SMILES string of the molecule is CCC(C)NC(=O)CSc1ccc(N2CCN(c3ccccc3Cl)CC2)nn1. The number of nitrogens with one attached hydrogen (secondary N) is 1. The maximum Gasteiger partial charge on any atom is 0.230 e. The number of amides is 1. The summed E-state index contributed by atoms with van der Waals surface area (Å²) in [4.78, 5) is 16.4. The standard InChI is InChI=1S/C20H26ClN5OS/c1-3-15(2)22-19(27)14-28-20-9-8-18(23-24-20)26-12-10-25(11-13-26)17-7-5-4-6-16(17)21/h4-9,15H,3,10-14H2,1-2H3,(H,22,27). The normalized spacial score (nSPS) is 15.4. The molecule has 28 heavy (non-hydrogen) atoms. The van der Waals surface area contributed by atoms with Crippen LogP contribution in [0, 0.1) is 0 Å². The van der Waals surface area contributed by atoms with Crippen LogP contribution in [0.2, 0.25) is 5.02 Å². The van der Waals surface area contributed by atoms with Gasteiger partial charge in [0.1, 0.15) is 5.03 Å². The lowest BCUT2D eigenvalue weighted by atomic mass is 10.2. The third-order valence-electron chi connectivity index (χ3n) is 4.79. The highest BCUT2D eigenvalue weighted by Crippen LogP contribution is 2.27. The van der Waals surface area contributed by atoms with Crippen LogP contribution in [0.3, 0.4) is 0 Å². The van der Waals surface area contributed by atoms with Crippen LogP contribution in [0.15, 0.2) is 41.4 Å². The van der Waals surface area contributed by atoms with E-state index < -0.39 is 0 Å². The van der Waals surface area contributed by atoms with Crippen LogP contribution in [-0.2, 0) is 4.79 Å². The van der Waals surface area contributed by atoms with E-state index in [1.165, 1.54) is 11.8 Å². The van der Waals surface area contributed by atoms with Crippen molar-refractivity contribution in [1.29, 1.82) is 0 Å². The number of halogens is 1. The van der Waals surface area contributed by atoms with Crippen molar-refractivity contribution in [3.05, 3.63) is 41.4 Å². The Morgan fingerprint density at radius 2 is 1.86 bits per heavy atom. The van der Waals surface area contributed by atoms with Crippen molar-refractivity contribution in [2.45, 2.75) is 31.3 Å². The summed E-state index contributed by atoms with van der Waals surface area (Å²) in [5.41, 5.74) is 1.08. The third kappa shape index (κ3) is 5.52. The Bertz CT molecular complexity index is 780. The van der Waals surface area contributed by atoms with E-state index >= 15 is 0 Å². The number of anilines is 2. The molecule has 1 N–H and O–H groups in total. The lowest BCUT2D eigenvalue weighted by Gasteiger charge is -2.36. The molecule has 1 amide bonds. The summed E-state index contributed by atoms with van der Waals surface area (Å²) in [6, 6.07) is 12.1. The van der Waals surface area contributed by atoms with E-state index in [1.807, 2.05) is 37.3 Å². The lowest BCUT2D eigenvalue weighted by Crippen LogP contribution is -2.47. The van der Waals surface area contributed by atoms with Gasteiger partial charge in [0.05, 0.1) is 16.5 Å². The van der Waals surface area contributed by atoms with E-state index in [-0.39, 0.29) is 11.9 Å². The summed E-state index contributed by atoms with van der Waals surface area (Å²) in [5, 5.41) is 13.1. The topological polar surface area (TPSA) is 61.4 Å². The number of hydrogen-bond donors (Lipinski definition) is 1. The zero-order valence-electron chi connectivity index (χ0n) is 16.3. The molecule has 2 heterocycles. The molecule has 2 aromatic rings. The second-order valence-corrected chi connectivity index (χ2v) is 8.22. The quantitative estimate of drug-likeness (QED) is 0.693. The summed E-state index contributed by atoms with van der Waals surface area (Å²) in [5.74, 6) is 1.25. The van der Waals surface area contributed by atoms with E-state index in [2.05, 4.69) is 38.3 Å². The summed E-state index contributed by atoms with van der Waals surface area (Å²) >= 11 is 7.72. The van der Waals surface area contributed by atoms with Gasteiger partial charge in [0, 0.05) is 32.2 Å². The molecule has 1 atom stereocenters. The molecule has 0 spiro atoms. The number of carbonyl (C=O) groups excluding carboxylic acids is 1. The predicted octanol–water partition coefficient (Wildman–Crippen LogP) is 3.46. The van der Waals surface area contributed by atoms with Crippen molar-refractivity contribution < 1.29 is 4.79 Å². The number of rotatable bonds is 7. The zero-order valence-corrected chi connectivity index (χ0v) is 17.8. The van der Waals surface area contributed by atoms with Crippen molar-refractivity contribution in [2.24, 2.45) is 0 Å². The largest absolute Gasteiger partial charge is 0.367 e. The molecule has 0 radical (unpaired) electrons. The van der Waals surface area contributed by atoms with Gasteiger partial charge in [-0.2, -0.15) is 0 Å². The van der Waals surface area contributed by atoms with Crippen LogP contribution in [0.1, 0.15) is 20.3 Å². The van der Waals surface area contributed by atoms with Crippen LogP contribution in [0.4, 0.5) is 11.5 Å². The summed E-state index contributed by atoms with van der Waals surface area (Å²) < 4.78 is 0. The van der Waals surface area contributed by atoms with Gasteiger partial charge in [-0.3, -0.25) is 4.79 Å². The van der Waals surface area contributed by atoms with Crippen molar-refractivity contribution >= 4 is 40.8 Å². The number of nitrogens with zero attached hydrogens (tertiary/aromatic N) is 4. The number of hydrogen-bond acceptors (Lipinski definition) is 6. The number of para-hydroxylation sites is 1. The number of thioether (sulfide) groups is 1. The Balaban J connectivity index is 1.49. The molecule has 150 valence electrons. The minimum atomic E-state index is 0.0286. The molecule has 0 aliphatic carbocycles. The summed E-state index contributed by atoms with van der Waals surface area (Å²) in [7, 11) is 0. The van der Waals surface area contributed by atoms with E-state index in [0.717, 1.165) is 54.2 Å². The first kappa shape index (κ1) is 20.7. The highest BCUT2D eigenvalue weighted by Gasteiger charge is 2.20. The Morgan fingerprint density at radius 3 is 2.50 bits per heavy atom. The minimum Gasteiger partial charge on any atom is -0.367 e. The van der Waals surface area contributed by atoms with E-state index in [0.29, 0.717) is 5.75 Å². The van der Waals surface area contributed by atoms with Crippen LogP contribution in [-0.4, -0.2) is 54.1 Å². The molecule has 1 aliphatic rings. The minimum absolute atomic E-state index is 0.0286. The summed E-state index contributed by atoms with van der Waals surface area (Å²) in [6.45, 7) is 7.56. The first-order valence-corrected chi connectivity index (χ1v) is 10.9. The van der Waals surface area contributed by atoms with Gasteiger partial charge in [0.15, 0.2) is 5.82 Å². The smallest absolute Gasteiger partial charge is 0.230 e. The second kappa shape index (κ2) is 9.98. The molecule has 6 nitrogen and oxygen atoms in total. The van der Waals surface area contributed by atoms with E-state index in [1.54, 1.807) is 0 Å². The molecular formula is C20H26ClN5OS. The van der Waals surface area contributed by atoms with Crippen LogP contribution < -0.4 is 15.1 Å². The number of aromatic nitrogens is 2. The average Bonchev–Trinajstić information content (AvgIpc) is 2.73. The van der Waals surface area contributed by atoms with Crippen molar-refractivity contribution in [3.8, 4) is 0 Å². The van der Waals surface area contributed by atoms with Crippen LogP contribution >= 0.6 is 23.4 Å². The number of piperazine rings is 1. The van der Waals surface area contributed by atoms with E-state index in [4.69, 9.17) is 11.6 Å². The maximum atomic E-state index is 11.9. The molecular weight excluding hydrogens is 394 g/mol. The molecule has 1 aliphatic heterocycles. The lowest BCUT2D eigenvalue weighted by molar-refractivity contribution is -0.119. The fourth-order valence-corrected chi connectivity index (χ4v) is 3.88. The van der Waals surface area contributed by atoms with Gasteiger partial charge in [0.2, 0.25) is 5.91 Å². The first-order chi connectivity index (χ1) is 13.6. The third-order valence-corrected chi connectivity index (χ3v) is 6.03. The second-order valence-electron chi connectivity index (χ2n) is 6.82. The van der Waals surface area contributed by atoms with Crippen LogP contribution in [0.5, 0.6) is 0 Å². The molecule has 3 rings (SSSR count). The molecule has 8 heteroatoms. The van der Waals surface area contributed by atoms with Gasteiger partial charge in [-0.05, 0) is 37.6 Å². The fourth-order valence-electron chi connectivity index (χ4n) is 3.00. The van der Waals surface area contributed by atoms with Gasteiger partial charge in [-0.25, -0.2) is 0 Å². The first-order valence-electron chi connectivity index (χ1n) is 9.57. The number of carbonyl (C=O) groups is 1. The summed E-state index contributed by atoms with van der Waals surface area (Å²) in [6.07, 6.45) is 0.925. The molecule has 0 bridgehead atoms. The fraction of sp³-hybridized carbons (Fsp3) is 0.450. The maximum absolute atomic E-state index is 11.9. The molecule has 1 unspecified atom stereocenters. The molecule has 1 saturated heterocycles. The predicted molar refractivity (Wildman–Crippen MR) is 117 cm³/mol. The van der Waals surface area contributed by atoms with Crippen molar-refractivity contribution in [3.63, 3.8) is 0 Å². The molecule has 0 saturated carbocycles. The molecule has 1 aromatic carbocycles. The Hall–Kier alpha value is -1.99. The van der Waals surface area contributed by atoms with Crippen molar-refractivity contribution in [1.82, 2.24) is 15.5 Å². The average molecular weight is 420 g/mol. The highest BCUT2D eigenvalue weighted by atomic mass is 35.5.